The van der Waals surface area contributed by atoms with E-state index in [9.17, 15) is 0 Å². The molecule has 1 aliphatic carbocycles. The molecule has 2 rings (SSSR count). The third-order valence-electron chi connectivity index (χ3n) is 3.14. The number of nitrogens with one attached hydrogen (secondary N) is 1. The van der Waals surface area contributed by atoms with E-state index in [-0.39, 0.29) is 0 Å². The van der Waals surface area contributed by atoms with Gasteiger partial charge >= 0.3 is 0 Å². The summed E-state index contributed by atoms with van der Waals surface area (Å²) >= 11 is 0. The number of hydrogen-bond donors (Lipinski definition) is 1. The lowest BCUT2D eigenvalue weighted by Gasteiger charge is -2.34. The van der Waals surface area contributed by atoms with Crippen molar-refractivity contribution in [3.05, 3.63) is 23.7 Å². The predicted octanol–water partition coefficient (Wildman–Crippen LogP) is 2.48. The molecule has 1 aromatic heterocycles. The van der Waals surface area contributed by atoms with Crippen LogP contribution in [0, 0.1) is 12.8 Å². The molecule has 2 unspecified atom stereocenters. The van der Waals surface area contributed by atoms with Crippen LogP contribution in [-0.4, -0.2) is 6.04 Å². The van der Waals surface area contributed by atoms with Gasteiger partial charge in [0.1, 0.15) is 5.76 Å². The molecule has 1 aromatic rings. The highest BCUT2D eigenvalue weighted by molar-refractivity contribution is 5.15. The van der Waals surface area contributed by atoms with Gasteiger partial charge in [-0.3, -0.25) is 0 Å². The summed E-state index contributed by atoms with van der Waals surface area (Å²) in [4.78, 5) is 0. The lowest BCUT2D eigenvalue weighted by Crippen LogP contribution is -2.41. The number of hydrogen-bond acceptors (Lipinski definition) is 2. The Morgan fingerprint density at radius 2 is 2.38 bits per heavy atom. The molecule has 0 amide bonds. The van der Waals surface area contributed by atoms with Crippen LogP contribution in [0.4, 0.5) is 0 Å². The van der Waals surface area contributed by atoms with E-state index in [0.29, 0.717) is 0 Å². The molecule has 1 heterocycles. The van der Waals surface area contributed by atoms with Gasteiger partial charge in [0.2, 0.25) is 0 Å². The summed E-state index contributed by atoms with van der Waals surface area (Å²) in [5.74, 6) is 1.90. The zero-order valence-corrected chi connectivity index (χ0v) is 8.34. The Kier molecular flexibility index (Phi) is 2.40. The molecular formula is C11H17NO. The van der Waals surface area contributed by atoms with E-state index in [1.165, 1.54) is 18.4 Å². The Balaban J connectivity index is 1.83. The SMILES string of the molecule is Cc1occc1CNC1CCC1C. The molecule has 0 bridgehead atoms. The maximum absolute atomic E-state index is 5.24. The molecule has 2 nitrogen and oxygen atoms in total. The fourth-order valence-electron chi connectivity index (χ4n) is 1.81. The quantitative estimate of drug-likeness (QED) is 0.771. The van der Waals surface area contributed by atoms with Gasteiger partial charge < -0.3 is 9.73 Å². The largest absolute Gasteiger partial charge is 0.469 e. The smallest absolute Gasteiger partial charge is 0.105 e. The van der Waals surface area contributed by atoms with Crippen LogP contribution in [-0.2, 0) is 6.54 Å². The van der Waals surface area contributed by atoms with Crippen molar-refractivity contribution < 1.29 is 4.42 Å². The normalized spacial score (nSPS) is 27.2. The third kappa shape index (κ3) is 1.78. The summed E-state index contributed by atoms with van der Waals surface area (Å²) in [5, 5.41) is 3.55. The van der Waals surface area contributed by atoms with Crippen LogP contribution in [0.1, 0.15) is 31.1 Å². The second-order valence-corrected chi connectivity index (χ2v) is 4.04. The van der Waals surface area contributed by atoms with E-state index in [1.54, 1.807) is 6.26 Å². The minimum absolute atomic E-state index is 0.731. The molecule has 72 valence electrons. The van der Waals surface area contributed by atoms with E-state index < -0.39 is 0 Å². The summed E-state index contributed by atoms with van der Waals surface area (Å²) in [6.45, 7) is 5.28. The molecule has 0 aliphatic heterocycles. The van der Waals surface area contributed by atoms with Crippen LogP contribution in [0.25, 0.3) is 0 Å². The molecule has 1 aliphatic rings. The third-order valence-corrected chi connectivity index (χ3v) is 3.14. The predicted molar refractivity (Wildman–Crippen MR) is 52.5 cm³/mol. The highest BCUT2D eigenvalue weighted by Crippen LogP contribution is 2.26. The maximum Gasteiger partial charge on any atom is 0.105 e. The second kappa shape index (κ2) is 3.54. The first-order chi connectivity index (χ1) is 6.27. The Labute approximate surface area is 79.3 Å². The molecule has 0 radical (unpaired) electrons. The fraction of sp³-hybridized carbons (Fsp3) is 0.636. The second-order valence-electron chi connectivity index (χ2n) is 4.04. The molecule has 1 saturated carbocycles. The minimum Gasteiger partial charge on any atom is -0.469 e. The van der Waals surface area contributed by atoms with Gasteiger partial charge in [-0.2, -0.15) is 0 Å². The first-order valence-electron chi connectivity index (χ1n) is 5.03. The Bertz CT molecular complexity index is 279. The lowest BCUT2D eigenvalue weighted by atomic mass is 9.81. The van der Waals surface area contributed by atoms with E-state index in [2.05, 4.69) is 12.2 Å². The zero-order chi connectivity index (χ0) is 9.26. The molecule has 13 heavy (non-hydrogen) atoms. The van der Waals surface area contributed by atoms with Gasteiger partial charge in [-0.15, -0.1) is 0 Å². The topological polar surface area (TPSA) is 25.2 Å². The Morgan fingerprint density at radius 3 is 2.85 bits per heavy atom. The van der Waals surface area contributed by atoms with Gasteiger partial charge in [-0.05, 0) is 31.7 Å². The maximum atomic E-state index is 5.24. The Hall–Kier alpha value is -0.760. The molecule has 0 spiro atoms. The van der Waals surface area contributed by atoms with Gasteiger partial charge in [0, 0.05) is 18.2 Å². The number of furan rings is 1. The minimum atomic E-state index is 0.731. The number of rotatable bonds is 3. The lowest BCUT2D eigenvalue weighted by molar-refractivity contribution is 0.228. The summed E-state index contributed by atoms with van der Waals surface area (Å²) < 4.78 is 5.24. The average molecular weight is 179 g/mol. The number of aryl methyl sites for hydroxylation is 1. The first-order valence-corrected chi connectivity index (χ1v) is 5.03. The molecular weight excluding hydrogens is 162 g/mol. The van der Waals surface area contributed by atoms with Crippen molar-refractivity contribution in [2.75, 3.05) is 0 Å². The summed E-state index contributed by atoms with van der Waals surface area (Å²) in [7, 11) is 0. The fourth-order valence-corrected chi connectivity index (χ4v) is 1.81. The van der Waals surface area contributed by atoms with Crippen molar-refractivity contribution in [2.45, 2.75) is 39.3 Å². The van der Waals surface area contributed by atoms with E-state index >= 15 is 0 Å². The van der Waals surface area contributed by atoms with Crippen molar-refractivity contribution in [3.63, 3.8) is 0 Å². The summed E-state index contributed by atoms with van der Waals surface area (Å²) in [5.41, 5.74) is 1.29. The van der Waals surface area contributed by atoms with Gasteiger partial charge in [0.25, 0.3) is 0 Å². The van der Waals surface area contributed by atoms with Crippen LogP contribution in [0.5, 0.6) is 0 Å². The van der Waals surface area contributed by atoms with E-state index in [4.69, 9.17) is 4.42 Å². The van der Waals surface area contributed by atoms with Crippen LogP contribution in [0.2, 0.25) is 0 Å². The zero-order valence-electron chi connectivity index (χ0n) is 8.34. The molecule has 2 atom stereocenters. The molecule has 0 saturated heterocycles. The molecule has 2 heteroatoms. The van der Waals surface area contributed by atoms with Crippen LogP contribution < -0.4 is 5.32 Å². The van der Waals surface area contributed by atoms with Crippen molar-refractivity contribution in [3.8, 4) is 0 Å². The molecule has 1 N–H and O–H groups in total. The highest BCUT2D eigenvalue weighted by atomic mass is 16.3. The monoisotopic (exact) mass is 179 g/mol. The Morgan fingerprint density at radius 1 is 1.54 bits per heavy atom. The van der Waals surface area contributed by atoms with Crippen molar-refractivity contribution in [1.82, 2.24) is 5.32 Å². The standard InChI is InChI=1S/C11H17NO/c1-8-3-4-11(8)12-7-10-5-6-13-9(10)2/h5-6,8,11-12H,3-4,7H2,1-2H3. The van der Waals surface area contributed by atoms with Gasteiger partial charge in [0.15, 0.2) is 0 Å². The van der Waals surface area contributed by atoms with Crippen LogP contribution >= 0.6 is 0 Å². The van der Waals surface area contributed by atoms with Crippen LogP contribution in [0.15, 0.2) is 16.7 Å². The van der Waals surface area contributed by atoms with Crippen molar-refractivity contribution in [2.24, 2.45) is 5.92 Å². The first kappa shape index (κ1) is 8.82. The molecule has 1 fully saturated rings. The average Bonchev–Trinajstić information content (AvgIpc) is 2.50. The van der Waals surface area contributed by atoms with Crippen molar-refractivity contribution in [1.29, 1.82) is 0 Å². The van der Waals surface area contributed by atoms with E-state index in [1.807, 2.05) is 13.0 Å². The summed E-state index contributed by atoms with van der Waals surface area (Å²) in [6.07, 6.45) is 4.47. The van der Waals surface area contributed by atoms with Gasteiger partial charge in [-0.1, -0.05) is 6.92 Å². The van der Waals surface area contributed by atoms with Gasteiger partial charge in [0.05, 0.1) is 6.26 Å². The molecule has 0 aromatic carbocycles. The van der Waals surface area contributed by atoms with Crippen LogP contribution in [0.3, 0.4) is 0 Å². The van der Waals surface area contributed by atoms with E-state index in [0.717, 1.165) is 24.3 Å². The van der Waals surface area contributed by atoms with Crippen molar-refractivity contribution >= 4 is 0 Å². The van der Waals surface area contributed by atoms with Gasteiger partial charge in [-0.25, -0.2) is 0 Å². The highest BCUT2D eigenvalue weighted by Gasteiger charge is 2.25. The summed E-state index contributed by atoms with van der Waals surface area (Å²) in [6, 6.07) is 2.78.